The van der Waals surface area contributed by atoms with Crippen LogP contribution in [0.2, 0.25) is 0 Å². The van der Waals surface area contributed by atoms with E-state index in [1.54, 1.807) is 17.7 Å². The van der Waals surface area contributed by atoms with Gasteiger partial charge in [0, 0.05) is 24.3 Å². The topological polar surface area (TPSA) is 125 Å². The fourth-order valence-electron chi connectivity index (χ4n) is 1.87. The molecule has 0 aromatic heterocycles. The van der Waals surface area contributed by atoms with E-state index in [0.29, 0.717) is 5.75 Å². The summed E-state index contributed by atoms with van der Waals surface area (Å²) < 4.78 is 9.31. The molecule has 0 rings (SSSR count). The maximum atomic E-state index is 12.3. The number of hydrogen-bond acceptors (Lipinski definition) is 9. The lowest BCUT2D eigenvalue weighted by Crippen LogP contribution is -2.43. The number of Topliss-reactive ketones (excluding diaryl/α,β-unsaturated/α-hetero) is 1. The predicted octanol–water partition coefficient (Wildman–Crippen LogP) is 1.07. The van der Waals surface area contributed by atoms with Gasteiger partial charge < -0.3 is 20.5 Å². The molecule has 0 aromatic rings. The Bertz CT molecular complexity index is 476. The van der Waals surface area contributed by atoms with Gasteiger partial charge in [-0.1, -0.05) is 28.5 Å². The second kappa shape index (κ2) is 14.9. The number of nitrogens with one attached hydrogen (secondary N) is 1. The molecule has 2 atom stereocenters. The Morgan fingerprint density at radius 2 is 1.77 bits per heavy atom. The SMILES string of the molecule is CCOC(=O)CCC(=O)[C@H](CSSCC)NC(=O)CC[C@H](N)C(=O)OC. The molecule has 0 heterocycles. The van der Waals surface area contributed by atoms with E-state index in [1.807, 2.05) is 6.92 Å². The molecule has 0 saturated heterocycles. The molecule has 3 N–H and O–H groups in total. The summed E-state index contributed by atoms with van der Waals surface area (Å²) in [6, 6.07) is -1.58. The van der Waals surface area contributed by atoms with Crippen molar-refractivity contribution in [1.29, 1.82) is 0 Å². The molecule has 10 heteroatoms. The summed E-state index contributed by atoms with van der Waals surface area (Å²) in [5, 5.41) is 2.66. The highest BCUT2D eigenvalue weighted by molar-refractivity contribution is 8.76. The average molecular weight is 409 g/mol. The monoisotopic (exact) mass is 408 g/mol. The lowest BCUT2D eigenvalue weighted by molar-refractivity contribution is -0.144. The average Bonchev–Trinajstić information content (AvgIpc) is 2.62. The second-order valence-corrected chi connectivity index (χ2v) is 8.05. The Hall–Kier alpha value is -1.26. The van der Waals surface area contributed by atoms with Crippen molar-refractivity contribution in [1.82, 2.24) is 5.32 Å². The number of nitrogens with two attached hydrogens (primary N) is 1. The molecule has 0 aromatic carbocycles. The zero-order valence-electron chi connectivity index (χ0n) is 15.4. The van der Waals surface area contributed by atoms with Gasteiger partial charge in [-0.25, -0.2) is 0 Å². The van der Waals surface area contributed by atoms with Crippen molar-refractivity contribution in [3.63, 3.8) is 0 Å². The van der Waals surface area contributed by atoms with Crippen LogP contribution in [0.5, 0.6) is 0 Å². The van der Waals surface area contributed by atoms with Gasteiger partial charge in [0.25, 0.3) is 0 Å². The zero-order chi connectivity index (χ0) is 19.9. The fourth-order valence-corrected chi connectivity index (χ4v) is 3.73. The largest absolute Gasteiger partial charge is 0.468 e. The van der Waals surface area contributed by atoms with Crippen molar-refractivity contribution in [3.05, 3.63) is 0 Å². The van der Waals surface area contributed by atoms with Crippen LogP contribution in [0.25, 0.3) is 0 Å². The van der Waals surface area contributed by atoms with Gasteiger partial charge in [-0.15, -0.1) is 0 Å². The van der Waals surface area contributed by atoms with Crippen LogP contribution in [-0.2, 0) is 28.7 Å². The number of carbonyl (C=O) groups excluding carboxylic acids is 4. The van der Waals surface area contributed by atoms with Gasteiger partial charge in [0.05, 0.1) is 26.2 Å². The van der Waals surface area contributed by atoms with Crippen molar-refractivity contribution >= 4 is 45.2 Å². The minimum atomic E-state index is -0.881. The van der Waals surface area contributed by atoms with E-state index < -0.39 is 24.0 Å². The van der Waals surface area contributed by atoms with Crippen LogP contribution in [0, 0.1) is 0 Å². The molecule has 26 heavy (non-hydrogen) atoms. The van der Waals surface area contributed by atoms with Crippen molar-refractivity contribution in [2.75, 3.05) is 25.2 Å². The Kier molecular flexibility index (Phi) is 14.1. The zero-order valence-corrected chi connectivity index (χ0v) is 17.1. The minimum absolute atomic E-state index is 0.00278. The van der Waals surface area contributed by atoms with Gasteiger partial charge in [0.2, 0.25) is 5.91 Å². The van der Waals surface area contributed by atoms with Crippen molar-refractivity contribution < 1.29 is 28.7 Å². The van der Waals surface area contributed by atoms with E-state index in [1.165, 1.54) is 17.9 Å². The van der Waals surface area contributed by atoms with Gasteiger partial charge in [-0.05, 0) is 13.3 Å². The van der Waals surface area contributed by atoms with Crippen LogP contribution >= 0.6 is 21.6 Å². The van der Waals surface area contributed by atoms with Crippen LogP contribution in [0.15, 0.2) is 0 Å². The van der Waals surface area contributed by atoms with Crippen LogP contribution in [0.4, 0.5) is 0 Å². The Morgan fingerprint density at radius 1 is 1.08 bits per heavy atom. The summed E-state index contributed by atoms with van der Waals surface area (Å²) in [6.07, 6.45) is 0.114. The highest BCUT2D eigenvalue weighted by Gasteiger charge is 2.23. The molecule has 0 aliphatic heterocycles. The smallest absolute Gasteiger partial charge is 0.322 e. The third kappa shape index (κ3) is 11.4. The number of carbonyl (C=O) groups is 4. The quantitative estimate of drug-likeness (QED) is 0.246. The number of esters is 2. The third-order valence-electron chi connectivity index (χ3n) is 3.23. The van der Waals surface area contributed by atoms with E-state index in [4.69, 9.17) is 10.5 Å². The molecule has 8 nitrogen and oxygen atoms in total. The van der Waals surface area contributed by atoms with Crippen LogP contribution < -0.4 is 11.1 Å². The number of amides is 1. The standard InChI is InChI=1S/C16H28N2O6S2/c1-4-24-15(21)9-7-13(19)12(10-26-25-5-2)18-14(20)8-6-11(17)16(22)23-3/h11-12H,4-10,17H2,1-3H3,(H,18,20)/t11-,12-/m0/s1. The number of rotatable bonds is 14. The van der Waals surface area contributed by atoms with Crippen LogP contribution in [0.3, 0.4) is 0 Å². The number of ketones is 1. The van der Waals surface area contributed by atoms with Gasteiger partial charge in [-0.3, -0.25) is 19.2 Å². The first-order chi connectivity index (χ1) is 12.3. The number of hydrogen-bond donors (Lipinski definition) is 2. The second-order valence-electron chi connectivity index (χ2n) is 5.25. The first kappa shape index (κ1) is 24.7. The van der Waals surface area contributed by atoms with E-state index in [-0.39, 0.29) is 44.0 Å². The summed E-state index contributed by atoms with van der Waals surface area (Å²) in [6.45, 7) is 3.94. The molecule has 0 fully saturated rings. The maximum Gasteiger partial charge on any atom is 0.322 e. The lowest BCUT2D eigenvalue weighted by Gasteiger charge is -2.17. The molecule has 0 spiro atoms. The van der Waals surface area contributed by atoms with Crippen molar-refractivity contribution in [3.8, 4) is 0 Å². The predicted molar refractivity (Wildman–Crippen MR) is 103 cm³/mol. The van der Waals surface area contributed by atoms with Gasteiger partial charge >= 0.3 is 11.9 Å². The Balaban J connectivity index is 4.55. The van der Waals surface area contributed by atoms with E-state index in [0.717, 1.165) is 5.75 Å². The first-order valence-electron chi connectivity index (χ1n) is 8.41. The van der Waals surface area contributed by atoms with Crippen molar-refractivity contribution in [2.45, 2.75) is 51.6 Å². The van der Waals surface area contributed by atoms with Gasteiger partial charge in [0.15, 0.2) is 5.78 Å². The normalized spacial score (nSPS) is 12.8. The molecule has 0 bridgehead atoms. The summed E-state index contributed by atoms with van der Waals surface area (Å²) in [5.74, 6) is -0.361. The maximum absolute atomic E-state index is 12.3. The minimum Gasteiger partial charge on any atom is -0.468 e. The highest BCUT2D eigenvalue weighted by atomic mass is 33.1. The lowest BCUT2D eigenvalue weighted by atomic mass is 10.1. The molecule has 1 amide bonds. The Morgan fingerprint density at radius 3 is 2.35 bits per heavy atom. The highest BCUT2D eigenvalue weighted by Crippen LogP contribution is 2.22. The summed E-state index contributed by atoms with van der Waals surface area (Å²) in [5.41, 5.74) is 5.59. The molecule has 0 unspecified atom stereocenters. The van der Waals surface area contributed by atoms with Gasteiger partial charge in [0.1, 0.15) is 6.04 Å². The molecule has 150 valence electrons. The first-order valence-corrected chi connectivity index (χ1v) is 10.9. The van der Waals surface area contributed by atoms with Crippen molar-refractivity contribution in [2.24, 2.45) is 5.73 Å². The van der Waals surface area contributed by atoms with E-state index >= 15 is 0 Å². The number of ether oxygens (including phenoxy) is 2. The van der Waals surface area contributed by atoms with Crippen LogP contribution in [-0.4, -0.2) is 60.9 Å². The molecule has 0 radical (unpaired) electrons. The molecule has 0 aliphatic rings. The van der Waals surface area contributed by atoms with E-state index in [2.05, 4.69) is 10.1 Å². The van der Waals surface area contributed by atoms with Crippen LogP contribution in [0.1, 0.15) is 39.5 Å². The number of methoxy groups -OCH3 is 1. The Labute approximate surface area is 162 Å². The molecular weight excluding hydrogens is 380 g/mol. The third-order valence-corrected chi connectivity index (χ3v) is 5.71. The van der Waals surface area contributed by atoms with E-state index in [9.17, 15) is 19.2 Å². The summed E-state index contributed by atoms with van der Waals surface area (Å²) >= 11 is 0. The van der Waals surface area contributed by atoms with Gasteiger partial charge in [-0.2, -0.15) is 0 Å². The summed E-state index contributed by atoms with van der Waals surface area (Å²) in [7, 11) is 4.28. The fraction of sp³-hybridized carbons (Fsp3) is 0.750. The molecular formula is C16H28N2O6S2. The summed E-state index contributed by atoms with van der Waals surface area (Å²) in [4.78, 5) is 47.0. The molecule has 0 saturated carbocycles. The molecule has 0 aliphatic carbocycles.